The number of H-pyrrole nitrogens is 1. The lowest BCUT2D eigenvalue weighted by molar-refractivity contribution is -0.119. The van der Waals surface area contributed by atoms with Crippen molar-refractivity contribution in [2.24, 2.45) is 5.92 Å². The highest BCUT2D eigenvalue weighted by Gasteiger charge is 2.32. The van der Waals surface area contributed by atoms with E-state index in [0.29, 0.717) is 25.2 Å². The number of hydrogen-bond acceptors (Lipinski definition) is 3. The molecule has 1 saturated heterocycles. The van der Waals surface area contributed by atoms with Crippen LogP contribution in [-0.4, -0.2) is 40.0 Å². The zero-order valence-electron chi connectivity index (χ0n) is 14.0. The van der Waals surface area contributed by atoms with Gasteiger partial charge >= 0.3 is 0 Å². The quantitative estimate of drug-likeness (QED) is 0.906. The summed E-state index contributed by atoms with van der Waals surface area (Å²) in [5, 5.41) is 9.88. The molecule has 1 aromatic heterocycles. The first-order valence-corrected chi connectivity index (χ1v) is 8.25. The number of para-hydroxylation sites is 1. The normalized spacial score (nSPS) is 17.3. The Morgan fingerprint density at radius 1 is 1.29 bits per heavy atom. The number of carbonyl (C=O) groups is 2. The summed E-state index contributed by atoms with van der Waals surface area (Å²) in [5.41, 5.74) is 2.14. The smallest absolute Gasteiger partial charge is 0.271 e. The number of nitrogens with one attached hydrogen (secondary N) is 2. The number of anilines is 1. The van der Waals surface area contributed by atoms with Gasteiger partial charge in [0.15, 0.2) is 0 Å². The first-order valence-electron chi connectivity index (χ1n) is 8.25. The van der Waals surface area contributed by atoms with Gasteiger partial charge in [-0.3, -0.25) is 14.7 Å². The molecule has 0 radical (unpaired) electrons. The van der Waals surface area contributed by atoms with Crippen LogP contribution in [-0.2, 0) is 4.79 Å². The van der Waals surface area contributed by atoms with E-state index in [9.17, 15) is 9.59 Å². The van der Waals surface area contributed by atoms with E-state index in [-0.39, 0.29) is 23.7 Å². The van der Waals surface area contributed by atoms with Crippen LogP contribution >= 0.6 is 0 Å². The number of rotatable bonds is 4. The summed E-state index contributed by atoms with van der Waals surface area (Å²) in [6.45, 7) is 5.09. The van der Waals surface area contributed by atoms with Crippen molar-refractivity contribution < 1.29 is 9.59 Å². The minimum atomic E-state index is -0.179. The molecule has 1 fully saturated rings. The molecular formula is C18H22N4O2. The van der Waals surface area contributed by atoms with Crippen molar-refractivity contribution in [3.63, 3.8) is 0 Å². The standard InChI is InChI=1S/C18H22N4O2/c1-12(2)15-10-16(21-20-15)18(24)22-9-8-13(11-22)17(23)19-14-6-4-3-5-7-14/h3-7,10,12-13H,8-9,11H2,1-2H3,(H,19,23)(H,20,21). The van der Waals surface area contributed by atoms with E-state index in [1.165, 1.54) is 0 Å². The number of hydrogen-bond donors (Lipinski definition) is 2. The SMILES string of the molecule is CC(C)c1cc(C(=O)N2CCC(C(=O)Nc3ccccc3)C2)[nH]n1. The third-order valence-corrected chi connectivity index (χ3v) is 4.31. The highest BCUT2D eigenvalue weighted by molar-refractivity contribution is 5.95. The Bertz CT molecular complexity index is 724. The Hall–Kier alpha value is -2.63. The first kappa shape index (κ1) is 16.2. The minimum absolute atomic E-state index is 0.0380. The monoisotopic (exact) mass is 326 g/mol. The van der Waals surface area contributed by atoms with Crippen LogP contribution in [0, 0.1) is 5.92 Å². The zero-order valence-corrected chi connectivity index (χ0v) is 14.0. The maximum absolute atomic E-state index is 12.5. The van der Waals surface area contributed by atoms with Crippen LogP contribution in [0.3, 0.4) is 0 Å². The molecule has 1 atom stereocenters. The summed E-state index contributed by atoms with van der Waals surface area (Å²) >= 11 is 0. The lowest BCUT2D eigenvalue weighted by Crippen LogP contribution is -2.31. The summed E-state index contributed by atoms with van der Waals surface area (Å²) < 4.78 is 0. The molecule has 2 amide bonds. The molecular weight excluding hydrogens is 304 g/mol. The lowest BCUT2D eigenvalue weighted by Gasteiger charge is -2.15. The van der Waals surface area contributed by atoms with Crippen LogP contribution in [0.15, 0.2) is 36.4 Å². The minimum Gasteiger partial charge on any atom is -0.337 e. The van der Waals surface area contributed by atoms with Gasteiger partial charge in [0.1, 0.15) is 5.69 Å². The summed E-state index contributed by atoms with van der Waals surface area (Å²) in [5.74, 6) is -0.0409. The molecule has 1 aliphatic rings. The fourth-order valence-corrected chi connectivity index (χ4v) is 2.84. The average molecular weight is 326 g/mol. The van der Waals surface area contributed by atoms with Crippen molar-refractivity contribution >= 4 is 17.5 Å². The van der Waals surface area contributed by atoms with E-state index >= 15 is 0 Å². The molecule has 2 aromatic rings. The predicted molar refractivity (Wildman–Crippen MR) is 91.8 cm³/mol. The van der Waals surface area contributed by atoms with Crippen LogP contribution < -0.4 is 5.32 Å². The number of likely N-dealkylation sites (tertiary alicyclic amines) is 1. The van der Waals surface area contributed by atoms with Crippen LogP contribution in [0.4, 0.5) is 5.69 Å². The Kier molecular flexibility index (Phi) is 4.64. The average Bonchev–Trinajstić information content (AvgIpc) is 3.25. The van der Waals surface area contributed by atoms with Gasteiger partial charge in [0, 0.05) is 18.8 Å². The summed E-state index contributed by atoms with van der Waals surface area (Å²) in [7, 11) is 0. The molecule has 1 aliphatic heterocycles. The molecule has 6 heteroatoms. The maximum atomic E-state index is 12.5. The fraction of sp³-hybridized carbons (Fsp3) is 0.389. The van der Waals surface area contributed by atoms with Crippen LogP contribution in [0.2, 0.25) is 0 Å². The number of carbonyl (C=O) groups excluding carboxylic acids is 2. The molecule has 3 rings (SSSR count). The molecule has 6 nitrogen and oxygen atoms in total. The van der Waals surface area contributed by atoms with Crippen molar-refractivity contribution in [1.82, 2.24) is 15.1 Å². The highest BCUT2D eigenvalue weighted by Crippen LogP contribution is 2.21. The number of nitrogens with zero attached hydrogens (tertiary/aromatic N) is 2. The van der Waals surface area contributed by atoms with E-state index in [2.05, 4.69) is 15.5 Å². The largest absolute Gasteiger partial charge is 0.337 e. The predicted octanol–water partition coefficient (Wildman–Crippen LogP) is 2.63. The second-order valence-corrected chi connectivity index (χ2v) is 6.45. The Labute approximate surface area is 141 Å². The Morgan fingerprint density at radius 2 is 2.04 bits per heavy atom. The zero-order chi connectivity index (χ0) is 17.1. The van der Waals surface area contributed by atoms with Crippen LogP contribution in [0.25, 0.3) is 0 Å². The van der Waals surface area contributed by atoms with E-state index in [4.69, 9.17) is 0 Å². The number of amides is 2. The molecule has 2 N–H and O–H groups in total. The van der Waals surface area contributed by atoms with Crippen LogP contribution in [0.5, 0.6) is 0 Å². The van der Waals surface area contributed by atoms with Gasteiger partial charge in [-0.15, -0.1) is 0 Å². The van der Waals surface area contributed by atoms with Gasteiger partial charge in [0.05, 0.1) is 11.6 Å². The maximum Gasteiger partial charge on any atom is 0.271 e. The first-order chi connectivity index (χ1) is 11.5. The lowest BCUT2D eigenvalue weighted by atomic mass is 10.1. The van der Waals surface area contributed by atoms with E-state index < -0.39 is 0 Å². The summed E-state index contributed by atoms with van der Waals surface area (Å²) in [6, 6.07) is 11.2. The number of benzene rings is 1. The van der Waals surface area contributed by atoms with Gasteiger partial charge in [0.2, 0.25) is 5.91 Å². The van der Waals surface area contributed by atoms with Crippen molar-refractivity contribution in [3.8, 4) is 0 Å². The topological polar surface area (TPSA) is 78.1 Å². The highest BCUT2D eigenvalue weighted by atomic mass is 16.2. The molecule has 1 unspecified atom stereocenters. The molecule has 0 saturated carbocycles. The van der Waals surface area contributed by atoms with Crippen molar-refractivity contribution in [1.29, 1.82) is 0 Å². The summed E-state index contributed by atoms with van der Waals surface area (Å²) in [6.07, 6.45) is 0.676. The van der Waals surface area contributed by atoms with Gasteiger partial charge in [0.25, 0.3) is 5.91 Å². The number of aromatic nitrogens is 2. The molecule has 0 aliphatic carbocycles. The van der Waals surface area contributed by atoms with Gasteiger partial charge in [-0.2, -0.15) is 5.10 Å². The molecule has 2 heterocycles. The van der Waals surface area contributed by atoms with Gasteiger partial charge < -0.3 is 10.2 Å². The van der Waals surface area contributed by atoms with E-state index in [1.807, 2.05) is 44.2 Å². The molecule has 24 heavy (non-hydrogen) atoms. The van der Waals surface area contributed by atoms with Crippen molar-refractivity contribution in [2.75, 3.05) is 18.4 Å². The second kappa shape index (κ2) is 6.86. The van der Waals surface area contributed by atoms with Crippen molar-refractivity contribution in [3.05, 3.63) is 47.8 Å². The van der Waals surface area contributed by atoms with Gasteiger partial charge in [-0.1, -0.05) is 32.0 Å². The van der Waals surface area contributed by atoms with E-state index in [0.717, 1.165) is 11.4 Å². The molecule has 126 valence electrons. The third kappa shape index (κ3) is 3.48. The molecule has 0 bridgehead atoms. The fourth-order valence-electron chi connectivity index (χ4n) is 2.84. The van der Waals surface area contributed by atoms with E-state index in [1.54, 1.807) is 11.0 Å². The summed E-state index contributed by atoms with van der Waals surface area (Å²) in [4.78, 5) is 26.6. The van der Waals surface area contributed by atoms with Crippen LogP contribution in [0.1, 0.15) is 42.4 Å². The molecule has 1 aromatic carbocycles. The molecule has 0 spiro atoms. The van der Waals surface area contributed by atoms with Gasteiger partial charge in [-0.25, -0.2) is 0 Å². The van der Waals surface area contributed by atoms with Gasteiger partial charge in [-0.05, 0) is 30.5 Å². The second-order valence-electron chi connectivity index (χ2n) is 6.45. The van der Waals surface area contributed by atoms with Crippen molar-refractivity contribution in [2.45, 2.75) is 26.2 Å². The Morgan fingerprint density at radius 3 is 2.71 bits per heavy atom. The number of aromatic amines is 1. The Balaban J connectivity index is 1.60. The third-order valence-electron chi connectivity index (χ3n) is 4.31.